The topological polar surface area (TPSA) is 207 Å². The lowest BCUT2D eigenvalue weighted by Gasteiger charge is -2.33. The second-order valence-electron chi connectivity index (χ2n) is 12.7. The third kappa shape index (κ3) is 26.0. The fourth-order valence-corrected chi connectivity index (χ4v) is 9.20. The highest BCUT2D eigenvalue weighted by molar-refractivity contribution is 7.99. The largest absolute Gasteiger partial charge is 0.403 e. The van der Waals surface area contributed by atoms with Gasteiger partial charge in [-0.2, -0.15) is 23.5 Å². The molecule has 8 N–H and O–H groups in total. The summed E-state index contributed by atoms with van der Waals surface area (Å²) in [6.07, 6.45) is 5.82. The maximum Gasteiger partial charge on any atom is 0.403 e. The van der Waals surface area contributed by atoms with Gasteiger partial charge >= 0.3 is 23.2 Å². The van der Waals surface area contributed by atoms with E-state index < -0.39 is 45.6 Å². The predicted octanol–water partition coefficient (Wildman–Crippen LogP) is 6.94. The Morgan fingerprint density at radius 3 is 0.951 bits per heavy atom. The number of hydrogen-bond donors (Lipinski definition) is 5. The molecule has 0 aliphatic carbocycles. The summed E-state index contributed by atoms with van der Waals surface area (Å²) < 4.78 is 57.1. The van der Waals surface area contributed by atoms with Gasteiger partial charge in [0, 0.05) is 0 Å². The monoisotopic (exact) mass is 687 g/mol. The van der Waals surface area contributed by atoms with Crippen molar-refractivity contribution in [1.82, 2.24) is 0 Å². The van der Waals surface area contributed by atoms with Gasteiger partial charge < -0.3 is 9.79 Å². The van der Waals surface area contributed by atoms with Crippen molar-refractivity contribution in [3.05, 3.63) is 0 Å². The van der Waals surface area contributed by atoms with Crippen LogP contribution in [0.5, 0.6) is 0 Å². The Labute approximate surface area is 256 Å². The van der Waals surface area contributed by atoms with Gasteiger partial charge in [-0.25, -0.2) is 30.2 Å². The number of thioether (sulfide) groups is 2. The fraction of sp³-hybridized carbons (Fsp3) is 1.00. The van der Waals surface area contributed by atoms with E-state index in [9.17, 15) is 23.5 Å². The van der Waals surface area contributed by atoms with Crippen molar-refractivity contribution in [2.75, 3.05) is 23.0 Å². The summed E-state index contributed by atoms with van der Waals surface area (Å²) in [5.74, 6) is 3.49. The molecule has 0 spiro atoms. The molecule has 2 atom stereocenters. The molecule has 248 valence electrons. The summed E-state index contributed by atoms with van der Waals surface area (Å²) in [5.41, 5.74) is 13.2. The van der Waals surface area contributed by atoms with Crippen LogP contribution in [0.4, 0.5) is 0 Å². The first-order valence-electron chi connectivity index (χ1n) is 13.8. The van der Waals surface area contributed by atoms with E-state index >= 15 is 0 Å². The number of nitrogens with two attached hydrogens (primary N) is 3. The first-order valence-corrected chi connectivity index (χ1v) is 21.1. The van der Waals surface area contributed by atoms with Crippen molar-refractivity contribution < 1.29 is 41.6 Å². The quantitative estimate of drug-likeness (QED) is 0.0515. The van der Waals surface area contributed by atoms with Crippen LogP contribution in [-0.4, -0.2) is 55.2 Å². The summed E-state index contributed by atoms with van der Waals surface area (Å²) in [6, 6.07) is 0. The Balaban J connectivity index is 4.26. The smallest absolute Gasteiger partial charge is 0.313 e. The molecular weight excluding hydrogens is 631 g/mol. The van der Waals surface area contributed by atoms with Gasteiger partial charge in [0.1, 0.15) is 0 Å². The van der Waals surface area contributed by atoms with E-state index in [4.69, 9.17) is 34.6 Å². The van der Waals surface area contributed by atoms with Crippen molar-refractivity contribution in [2.45, 2.75) is 129 Å². The molecule has 41 heavy (non-hydrogen) atoms. The summed E-state index contributed by atoms with van der Waals surface area (Å²) in [4.78, 5) is 18.4. The lowest BCUT2D eigenvalue weighted by atomic mass is 10.0. The Kier molecular flexibility index (Phi) is 18.1. The van der Waals surface area contributed by atoms with Gasteiger partial charge in [-0.05, 0) is 130 Å². The van der Waals surface area contributed by atoms with Gasteiger partial charge in [-0.15, -0.1) is 0 Å². The minimum absolute atomic E-state index is 0.609. The Morgan fingerprint density at radius 1 is 0.512 bits per heavy atom. The third-order valence-electron chi connectivity index (χ3n) is 5.77. The Bertz CT molecular complexity index is 844. The molecular formula is C24H56N3O9P3S2. The highest BCUT2D eigenvalue weighted by Crippen LogP contribution is 2.49. The molecule has 0 rings (SSSR count). The van der Waals surface area contributed by atoms with Gasteiger partial charge in [0.25, 0.3) is 0 Å². The third-order valence-corrected chi connectivity index (χ3v) is 11.1. The minimum Gasteiger partial charge on any atom is -0.313 e. The van der Waals surface area contributed by atoms with Crippen LogP contribution >= 0.6 is 46.8 Å². The molecule has 0 aliphatic rings. The van der Waals surface area contributed by atoms with E-state index in [2.05, 4.69) is 0 Å². The molecule has 0 aromatic carbocycles. The van der Waals surface area contributed by atoms with Crippen LogP contribution in [0.3, 0.4) is 0 Å². The van der Waals surface area contributed by atoms with E-state index in [0.29, 0.717) is 25.7 Å². The number of rotatable bonds is 24. The van der Waals surface area contributed by atoms with Crippen LogP contribution in [0.1, 0.15) is 107 Å². The zero-order valence-corrected chi connectivity index (χ0v) is 30.4. The average Bonchev–Trinajstić information content (AvgIpc) is 2.66. The van der Waals surface area contributed by atoms with Gasteiger partial charge in [-0.3, -0.25) is 18.1 Å². The van der Waals surface area contributed by atoms with Crippen molar-refractivity contribution in [1.29, 1.82) is 0 Å². The van der Waals surface area contributed by atoms with Crippen molar-refractivity contribution in [3.63, 3.8) is 0 Å². The zero-order valence-electron chi connectivity index (χ0n) is 26.1. The highest BCUT2D eigenvalue weighted by Gasteiger charge is 2.35. The molecule has 2 unspecified atom stereocenters. The molecule has 0 aromatic rings. The zero-order chi connectivity index (χ0) is 32.2. The van der Waals surface area contributed by atoms with Crippen LogP contribution < -0.4 is 16.5 Å². The standard InChI is InChI=1S/C24H56N3O9P3S2/c1-21(2,33-37(25,28)29)13-9-17-40-19-11-15-23(5,6)35-39(27,32)36-24(7,8)16-12-20-41-18-10-14-22(3,4)34-38(26,30)31/h9-20H2,1-8H3,(H2,27,32)(H3,25,28,29)(H3,26,30,31). The van der Waals surface area contributed by atoms with Crippen LogP contribution in [0.25, 0.3) is 0 Å². The molecule has 12 nitrogen and oxygen atoms in total. The van der Waals surface area contributed by atoms with E-state index in [1.165, 1.54) is 0 Å². The predicted molar refractivity (Wildman–Crippen MR) is 172 cm³/mol. The second-order valence-corrected chi connectivity index (χ2v) is 19.2. The molecule has 0 saturated heterocycles. The first kappa shape index (κ1) is 42.0. The summed E-state index contributed by atoms with van der Waals surface area (Å²) in [7, 11) is -11.8. The summed E-state index contributed by atoms with van der Waals surface area (Å²) >= 11 is 3.52. The second kappa shape index (κ2) is 17.7. The normalized spacial score (nSPS) is 18.1. The van der Waals surface area contributed by atoms with E-state index in [-0.39, 0.29) is 0 Å². The molecule has 0 saturated carbocycles. The minimum atomic E-state index is -4.01. The van der Waals surface area contributed by atoms with Gasteiger partial charge in [0.05, 0.1) is 22.4 Å². The van der Waals surface area contributed by atoms with Crippen molar-refractivity contribution in [2.24, 2.45) is 16.5 Å². The van der Waals surface area contributed by atoms with Gasteiger partial charge in [0.15, 0.2) is 0 Å². The molecule has 17 heteroatoms. The van der Waals surface area contributed by atoms with Crippen LogP contribution in [0, 0.1) is 0 Å². The van der Waals surface area contributed by atoms with Crippen molar-refractivity contribution in [3.8, 4) is 0 Å². The Hall–Kier alpha value is 1.03. The maximum absolute atomic E-state index is 13.0. The SMILES string of the molecule is CC(C)(CCCSCCCC(C)(C)OP(N)(=O)OC(C)(C)CCCSCCCC(C)(C)OP(N)(=O)O)OP(N)(=O)O. The molecule has 0 heterocycles. The van der Waals surface area contributed by atoms with E-state index in [0.717, 1.165) is 48.7 Å². The molecule has 0 radical (unpaired) electrons. The highest BCUT2D eigenvalue weighted by atomic mass is 32.2. The van der Waals surface area contributed by atoms with E-state index in [1.54, 1.807) is 51.2 Å². The van der Waals surface area contributed by atoms with Gasteiger partial charge in [0.2, 0.25) is 0 Å². The molecule has 0 fully saturated rings. The fourth-order valence-electron chi connectivity index (χ4n) is 4.20. The van der Waals surface area contributed by atoms with Gasteiger partial charge in [-0.1, -0.05) is 0 Å². The Morgan fingerprint density at radius 2 is 0.732 bits per heavy atom. The summed E-state index contributed by atoms with van der Waals surface area (Å²) in [5, 5.41) is 0. The lowest BCUT2D eigenvalue weighted by molar-refractivity contribution is 0.0242. The average molecular weight is 688 g/mol. The molecule has 0 amide bonds. The summed E-state index contributed by atoms with van der Waals surface area (Å²) in [6.45, 7) is 14.4. The first-order chi connectivity index (χ1) is 18.2. The van der Waals surface area contributed by atoms with Crippen LogP contribution in [0.15, 0.2) is 0 Å². The molecule has 0 aliphatic heterocycles. The number of hydrogen-bond acceptors (Lipinski definition) is 9. The van der Waals surface area contributed by atoms with Crippen LogP contribution in [0.2, 0.25) is 0 Å². The molecule has 0 bridgehead atoms. The molecule has 0 aromatic heterocycles. The maximum atomic E-state index is 13.0. The van der Waals surface area contributed by atoms with Crippen molar-refractivity contribution >= 4 is 46.8 Å². The van der Waals surface area contributed by atoms with Crippen LogP contribution in [-0.2, 0) is 31.8 Å². The lowest BCUT2D eigenvalue weighted by Crippen LogP contribution is -2.30. The van der Waals surface area contributed by atoms with E-state index in [1.807, 2.05) is 27.7 Å².